The number of hydrogen-bond donors (Lipinski definition) is 3. The molecule has 2 aliphatic heterocycles. The molecule has 3 N–H and O–H groups in total. The van der Waals surface area contributed by atoms with E-state index in [0.29, 0.717) is 23.5 Å². The van der Waals surface area contributed by atoms with E-state index in [1.807, 2.05) is 4.90 Å². The van der Waals surface area contributed by atoms with Crippen LogP contribution in [0.5, 0.6) is 0 Å². The Bertz CT molecular complexity index is 1090. The van der Waals surface area contributed by atoms with Crippen LogP contribution in [0.4, 0.5) is 17.5 Å². The maximum Gasteiger partial charge on any atom is 0.258 e. The molecule has 4 rings (SSSR count). The molecular formula is C21H23Cl2N5O3. The number of carbonyl (C=O) groups is 2. The Kier molecular flexibility index (Phi) is 5.94. The molecule has 10 heteroatoms. The summed E-state index contributed by atoms with van der Waals surface area (Å²) in [6.45, 7) is 5.83. The van der Waals surface area contributed by atoms with Gasteiger partial charge in [0.05, 0.1) is 27.2 Å². The van der Waals surface area contributed by atoms with Gasteiger partial charge in [-0.1, -0.05) is 43.1 Å². The maximum absolute atomic E-state index is 13.0. The maximum atomic E-state index is 13.0. The SMILES string of the molecule is C[C@@H]1C[C@H](C)CN(c2nc3c(c(=O)[nH]2)[C@H](C(=O)Nc2cccc(Cl)c2Cl)CC(=O)N3)C1. The summed E-state index contributed by atoms with van der Waals surface area (Å²) in [7, 11) is 0. The monoisotopic (exact) mass is 463 g/mol. The van der Waals surface area contributed by atoms with Crippen molar-refractivity contribution in [3.63, 3.8) is 0 Å². The second-order valence-electron chi connectivity index (χ2n) is 8.40. The molecule has 1 aromatic heterocycles. The highest BCUT2D eigenvalue weighted by Crippen LogP contribution is 2.34. The summed E-state index contributed by atoms with van der Waals surface area (Å²) in [4.78, 5) is 47.6. The average molecular weight is 464 g/mol. The summed E-state index contributed by atoms with van der Waals surface area (Å²) in [5, 5.41) is 5.80. The lowest BCUT2D eigenvalue weighted by Gasteiger charge is -2.35. The van der Waals surface area contributed by atoms with E-state index >= 15 is 0 Å². The minimum Gasteiger partial charge on any atom is -0.342 e. The van der Waals surface area contributed by atoms with E-state index in [4.69, 9.17) is 23.2 Å². The van der Waals surface area contributed by atoms with Gasteiger partial charge in [0.15, 0.2) is 0 Å². The van der Waals surface area contributed by atoms with Crippen molar-refractivity contribution in [3.8, 4) is 0 Å². The first-order chi connectivity index (χ1) is 14.7. The quantitative estimate of drug-likeness (QED) is 0.643. The Hall–Kier alpha value is -2.58. The van der Waals surface area contributed by atoms with Gasteiger partial charge in [-0.25, -0.2) is 0 Å². The third-order valence-electron chi connectivity index (χ3n) is 5.63. The van der Waals surface area contributed by atoms with Crippen LogP contribution in [0, 0.1) is 11.8 Å². The van der Waals surface area contributed by atoms with Crippen LogP contribution in [0.3, 0.4) is 0 Å². The fraction of sp³-hybridized carbons (Fsp3) is 0.429. The van der Waals surface area contributed by atoms with Crippen LogP contribution in [-0.4, -0.2) is 34.9 Å². The van der Waals surface area contributed by atoms with Crippen molar-refractivity contribution in [2.45, 2.75) is 32.6 Å². The van der Waals surface area contributed by atoms with Gasteiger partial charge in [0.1, 0.15) is 5.82 Å². The number of aromatic nitrogens is 2. The predicted molar refractivity (Wildman–Crippen MR) is 121 cm³/mol. The van der Waals surface area contributed by atoms with E-state index in [-0.39, 0.29) is 33.8 Å². The third kappa shape index (κ3) is 4.41. The number of benzene rings is 1. The lowest BCUT2D eigenvalue weighted by atomic mass is 9.91. The normalized spacial score (nSPS) is 23.2. The van der Waals surface area contributed by atoms with Crippen LogP contribution < -0.4 is 21.1 Å². The molecule has 1 saturated heterocycles. The fourth-order valence-corrected chi connectivity index (χ4v) is 4.74. The van der Waals surface area contributed by atoms with Crippen LogP contribution in [0.2, 0.25) is 10.0 Å². The number of H-pyrrole nitrogens is 1. The molecule has 0 aliphatic carbocycles. The summed E-state index contributed by atoms with van der Waals surface area (Å²) in [5.41, 5.74) is 0.00401. The molecule has 2 amide bonds. The average Bonchev–Trinajstić information content (AvgIpc) is 2.69. The van der Waals surface area contributed by atoms with Gasteiger partial charge in [-0.2, -0.15) is 4.98 Å². The number of amides is 2. The number of nitrogens with one attached hydrogen (secondary N) is 3. The smallest absolute Gasteiger partial charge is 0.258 e. The molecule has 2 aromatic rings. The van der Waals surface area contributed by atoms with Crippen LogP contribution in [-0.2, 0) is 9.59 Å². The van der Waals surface area contributed by atoms with E-state index in [1.165, 1.54) is 0 Å². The van der Waals surface area contributed by atoms with E-state index in [2.05, 4.69) is 34.4 Å². The molecule has 0 bridgehead atoms. The van der Waals surface area contributed by atoms with Crippen molar-refractivity contribution in [1.82, 2.24) is 9.97 Å². The Morgan fingerprint density at radius 2 is 1.90 bits per heavy atom. The molecule has 31 heavy (non-hydrogen) atoms. The number of piperidine rings is 1. The Balaban J connectivity index is 1.66. The highest BCUT2D eigenvalue weighted by molar-refractivity contribution is 6.44. The Morgan fingerprint density at radius 3 is 2.61 bits per heavy atom. The lowest BCUT2D eigenvalue weighted by molar-refractivity contribution is -0.123. The summed E-state index contributed by atoms with van der Waals surface area (Å²) in [6.07, 6.45) is 0.940. The van der Waals surface area contributed by atoms with Crippen molar-refractivity contribution in [1.29, 1.82) is 0 Å². The van der Waals surface area contributed by atoms with Crippen molar-refractivity contribution >= 4 is 52.5 Å². The van der Waals surface area contributed by atoms with E-state index in [1.54, 1.807) is 18.2 Å². The van der Waals surface area contributed by atoms with Crippen LogP contribution in [0.25, 0.3) is 0 Å². The summed E-state index contributed by atoms with van der Waals surface area (Å²) < 4.78 is 0. The first-order valence-electron chi connectivity index (χ1n) is 10.2. The number of nitrogens with zero attached hydrogens (tertiary/aromatic N) is 2. The predicted octanol–water partition coefficient (Wildman–Crippen LogP) is 3.62. The molecule has 1 fully saturated rings. The van der Waals surface area contributed by atoms with E-state index < -0.39 is 17.4 Å². The molecule has 0 unspecified atom stereocenters. The zero-order valence-corrected chi connectivity index (χ0v) is 18.7. The zero-order chi connectivity index (χ0) is 22.3. The van der Waals surface area contributed by atoms with Gasteiger partial charge in [0.25, 0.3) is 5.56 Å². The van der Waals surface area contributed by atoms with Crippen molar-refractivity contribution < 1.29 is 9.59 Å². The minimum absolute atomic E-state index is 0.123. The number of anilines is 3. The molecule has 0 spiro atoms. The first kappa shape index (κ1) is 21.6. The second kappa shape index (κ2) is 8.51. The van der Waals surface area contributed by atoms with Crippen LogP contribution >= 0.6 is 23.2 Å². The first-order valence-corrected chi connectivity index (χ1v) is 10.9. The highest BCUT2D eigenvalue weighted by Gasteiger charge is 2.36. The summed E-state index contributed by atoms with van der Waals surface area (Å²) in [5.74, 6) is -0.459. The topological polar surface area (TPSA) is 107 Å². The molecular weight excluding hydrogens is 441 g/mol. The molecule has 8 nitrogen and oxygen atoms in total. The minimum atomic E-state index is -0.997. The number of hydrogen-bond acceptors (Lipinski definition) is 5. The summed E-state index contributed by atoms with van der Waals surface area (Å²) >= 11 is 12.2. The van der Waals surface area contributed by atoms with E-state index in [9.17, 15) is 14.4 Å². The second-order valence-corrected chi connectivity index (χ2v) is 9.18. The van der Waals surface area contributed by atoms with Gasteiger partial charge in [0.2, 0.25) is 17.8 Å². The molecule has 1 aromatic carbocycles. The van der Waals surface area contributed by atoms with Crippen molar-refractivity contribution in [2.75, 3.05) is 28.6 Å². The number of rotatable bonds is 3. The molecule has 0 saturated carbocycles. The van der Waals surface area contributed by atoms with Crippen LogP contribution in [0.1, 0.15) is 38.2 Å². The van der Waals surface area contributed by atoms with E-state index in [0.717, 1.165) is 19.5 Å². The standard InChI is InChI=1S/C21H23Cl2N5O3/c1-10-6-11(2)9-28(8-10)21-26-18-16(20(31)27-21)12(7-15(29)25-18)19(30)24-14-5-3-4-13(22)17(14)23/h3-5,10-12H,6-9H2,1-2H3,(H,24,30)(H2,25,26,27,29,31)/t10-,11+,12-/m1/s1. The fourth-order valence-electron chi connectivity index (χ4n) is 4.39. The van der Waals surface area contributed by atoms with Crippen molar-refractivity contribution in [2.24, 2.45) is 11.8 Å². The third-order valence-corrected chi connectivity index (χ3v) is 6.45. The molecule has 3 atom stereocenters. The number of aromatic amines is 1. The van der Waals surface area contributed by atoms with Gasteiger partial charge in [-0.3, -0.25) is 19.4 Å². The summed E-state index contributed by atoms with van der Waals surface area (Å²) in [6, 6.07) is 4.84. The largest absolute Gasteiger partial charge is 0.342 e. The molecule has 0 radical (unpaired) electrons. The van der Waals surface area contributed by atoms with Crippen LogP contribution in [0.15, 0.2) is 23.0 Å². The molecule has 2 aliphatic rings. The highest BCUT2D eigenvalue weighted by atomic mass is 35.5. The van der Waals surface area contributed by atoms with Gasteiger partial charge in [-0.05, 0) is 30.4 Å². The number of halogens is 2. The van der Waals surface area contributed by atoms with Gasteiger partial charge in [-0.15, -0.1) is 0 Å². The Labute approximate surface area is 189 Å². The van der Waals surface area contributed by atoms with Gasteiger partial charge >= 0.3 is 0 Å². The lowest BCUT2D eigenvalue weighted by Crippen LogP contribution is -2.42. The van der Waals surface area contributed by atoms with Gasteiger partial charge < -0.3 is 15.5 Å². The molecule has 3 heterocycles. The number of carbonyl (C=O) groups excluding carboxylic acids is 2. The zero-order valence-electron chi connectivity index (χ0n) is 17.2. The van der Waals surface area contributed by atoms with Crippen molar-refractivity contribution in [3.05, 3.63) is 44.2 Å². The Morgan fingerprint density at radius 1 is 1.19 bits per heavy atom. The number of fused-ring (bicyclic) bond motifs is 1. The van der Waals surface area contributed by atoms with Gasteiger partial charge in [0, 0.05) is 19.5 Å². The molecule has 164 valence electrons.